The van der Waals surface area contributed by atoms with E-state index in [4.69, 9.17) is 14.6 Å². The van der Waals surface area contributed by atoms with E-state index in [1.54, 1.807) is 39.0 Å². The average molecular weight is 442 g/mol. The van der Waals surface area contributed by atoms with Gasteiger partial charge in [-0.15, -0.1) is 0 Å². The van der Waals surface area contributed by atoms with E-state index in [2.05, 4.69) is 20.6 Å². The standard InChI is InChI=1S/C23H31N5O4/c1-7-17(27-13-18(29)28-22-25-9-8-10-26-22)16-11-15(12-19(30)32-23(4,5)6)31-21(16)20(24)14(2)3/h7-11,14,24,27H,12-13H2,1-6H3,(H,25,26,28,29)/b17-7+,24-20?. The van der Waals surface area contributed by atoms with Crippen molar-refractivity contribution in [3.63, 3.8) is 0 Å². The Morgan fingerprint density at radius 3 is 2.47 bits per heavy atom. The first-order valence-electron chi connectivity index (χ1n) is 10.4. The largest absolute Gasteiger partial charge is 0.460 e. The van der Waals surface area contributed by atoms with Gasteiger partial charge < -0.3 is 19.9 Å². The number of carbonyl (C=O) groups is 2. The summed E-state index contributed by atoms with van der Waals surface area (Å²) >= 11 is 0. The highest BCUT2D eigenvalue weighted by molar-refractivity contribution is 6.01. The first-order chi connectivity index (χ1) is 15.0. The van der Waals surface area contributed by atoms with E-state index in [-0.39, 0.29) is 30.7 Å². The van der Waals surface area contributed by atoms with Crippen LogP contribution in [0.5, 0.6) is 0 Å². The van der Waals surface area contributed by atoms with E-state index in [1.165, 1.54) is 12.4 Å². The van der Waals surface area contributed by atoms with Gasteiger partial charge in [-0.2, -0.15) is 0 Å². The molecule has 32 heavy (non-hydrogen) atoms. The number of nitrogens with one attached hydrogen (secondary N) is 3. The van der Waals surface area contributed by atoms with Crippen molar-refractivity contribution >= 4 is 29.2 Å². The van der Waals surface area contributed by atoms with E-state index in [1.807, 2.05) is 20.8 Å². The topological polar surface area (TPSA) is 130 Å². The number of amides is 1. The summed E-state index contributed by atoms with van der Waals surface area (Å²) in [6.45, 7) is 10.9. The number of rotatable bonds is 9. The van der Waals surface area contributed by atoms with Gasteiger partial charge >= 0.3 is 5.97 Å². The number of hydrogen-bond donors (Lipinski definition) is 3. The molecule has 0 radical (unpaired) electrons. The van der Waals surface area contributed by atoms with Gasteiger partial charge in [0, 0.05) is 23.7 Å². The van der Waals surface area contributed by atoms with Gasteiger partial charge in [-0.25, -0.2) is 9.97 Å². The van der Waals surface area contributed by atoms with Crippen LogP contribution in [-0.4, -0.2) is 39.7 Å². The maximum Gasteiger partial charge on any atom is 0.314 e. The lowest BCUT2D eigenvalue weighted by Crippen LogP contribution is -2.28. The lowest BCUT2D eigenvalue weighted by molar-refractivity contribution is -0.154. The predicted octanol–water partition coefficient (Wildman–Crippen LogP) is 3.57. The maximum absolute atomic E-state index is 12.3. The van der Waals surface area contributed by atoms with Crippen molar-refractivity contribution in [1.82, 2.24) is 15.3 Å². The molecule has 0 saturated heterocycles. The Morgan fingerprint density at radius 1 is 1.25 bits per heavy atom. The molecule has 0 spiro atoms. The summed E-state index contributed by atoms with van der Waals surface area (Å²) < 4.78 is 11.3. The fourth-order valence-electron chi connectivity index (χ4n) is 2.77. The molecule has 2 heterocycles. The number of nitrogens with zero attached hydrogens (tertiary/aromatic N) is 2. The molecule has 172 valence electrons. The molecule has 9 nitrogen and oxygen atoms in total. The molecule has 0 aliphatic carbocycles. The second kappa shape index (κ2) is 10.7. The number of esters is 1. The smallest absolute Gasteiger partial charge is 0.314 e. The minimum Gasteiger partial charge on any atom is -0.460 e. The molecule has 1 amide bonds. The minimum atomic E-state index is -0.605. The Bertz CT molecular complexity index is 988. The number of furan rings is 1. The molecule has 0 saturated carbocycles. The quantitative estimate of drug-likeness (QED) is 0.400. The molecule has 2 aromatic heterocycles. The summed E-state index contributed by atoms with van der Waals surface area (Å²) in [5.41, 5.74) is 0.896. The van der Waals surface area contributed by atoms with Crippen LogP contribution in [0.25, 0.3) is 5.70 Å². The SMILES string of the molecule is C/C=C(/NCC(=O)Nc1ncccn1)c1cc(CC(=O)OC(C)(C)C)oc1C(=N)C(C)C. The number of aromatic nitrogens is 2. The molecule has 2 rings (SSSR count). The second-order valence-corrected chi connectivity index (χ2v) is 8.46. The van der Waals surface area contributed by atoms with Crippen LogP contribution in [0, 0.1) is 11.3 Å². The van der Waals surface area contributed by atoms with Crippen LogP contribution < -0.4 is 10.6 Å². The van der Waals surface area contributed by atoms with Crippen LogP contribution in [0.1, 0.15) is 58.6 Å². The van der Waals surface area contributed by atoms with Gasteiger partial charge in [0.15, 0.2) is 5.76 Å². The Kier molecular flexibility index (Phi) is 8.28. The minimum absolute atomic E-state index is 0.0427. The van der Waals surface area contributed by atoms with Crippen LogP contribution in [-0.2, 0) is 20.7 Å². The average Bonchev–Trinajstić information content (AvgIpc) is 3.10. The normalized spacial score (nSPS) is 11.9. The van der Waals surface area contributed by atoms with Gasteiger partial charge in [0.25, 0.3) is 0 Å². The third-order valence-corrected chi connectivity index (χ3v) is 4.18. The molecular weight excluding hydrogens is 410 g/mol. The molecule has 0 aliphatic rings. The molecule has 2 aromatic rings. The second-order valence-electron chi connectivity index (χ2n) is 8.46. The first-order valence-corrected chi connectivity index (χ1v) is 10.4. The Balaban J connectivity index is 2.19. The lowest BCUT2D eigenvalue weighted by Gasteiger charge is -2.18. The van der Waals surface area contributed by atoms with Gasteiger partial charge in [-0.05, 0) is 45.7 Å². The van der Waals surface area contributed by atoms with Crippen molar-refractivity contribution in [2.75, 3.05) is 11.9 Å². The van der Waals surface area contributed by atoms with Crippen LogP contribution >= 0.6 is 0 Å². The van der Waals surface area contributed by atoms with Crippen molar-refractivity contribution in [1.29, 1.82) is 5.41 Å². The molecule has 9 heteroatoms. The van der Waals surface area contributed by atoms with E-state index in [0.717, 1.165) is 0 Å². The number of carbonyl (C=O) groups excluding carboxylic acids is 2. The fourth-order valence-corrected chi connectivity index (χ4v) is 2.77. The molecule has 0 bridgehead atoms. The van der Waals surface area contributed by atoms with Crippen molar-refractivity contribution in [2.24, 2.45) is 5.92 Å². The van der Waals surface area contributed by atoms with Crippen molar-refractivity contribution in [3.05, 3.63) is 47.7 Å². The van der Waals surface area contributed by atoms with Gasteiger partial charge in [0.2, 0.25) is 11.9 Å². The number of hydrogen-bond acceptors (Lipinski definition) is 8. The van der Waals surface area contributed by atoms with Crippen LogP contribution in [0.2, 0.25) is 0 Å². The highest BCUT2D eigenvalue weighted by atomic mass is 16.6. The first kappa shape index (κ1) is 24.8. The third-order valence-electron chi connectivity index (χ3n) is 4.18. The van der Waals surface area contributed by atoms with E-state index in [0.29, 0.717) is 28.5 Å². The number of ether oxygens (including phenoxy) is 1. The maximum atomic E-state index is 12.3. The molecule has 0 aliphatic heterocycles. The van der Waals surface area contributed by atoms with E-state index < -0.39 is 11.6 Å². The zero-order valence-corrected chi connectivity index (χ0v) is 19.4. The van der Waals surface area contributed by atoms with Crippen molar-refractivity contribution in [2.45, 2.75) is 53.6 Å². The summed E-state index contributed by atoms with van der Waals surface area (Å²) in [5.74, 6) is 0.118. The molecule has 0 aromatic carbocycles. The van der Waals surface area contributed by atoms with E-state index >= 15 is 0 Å². The summed E-state index contributed by atoms with van der Waals surface area (Å²) in [6.07, 6.45) is 4.80. The zero-order valence-electron chi connectivity index (χ0n) is 19.4. The lowest BCUT2D eigenvalue weighted by atomic mass is 10.0. The summed E-state index contributed by atoms with van der Waals surface area (Å²) in [5, 5.41) is 14.1. The van der Waals surface area contributed by atoms with Crippen LogP contribution in [0.15, 0.2) is 35.0 Å². The zero-order chi connectivity index (χ0) is 23.9. The Labute approximate surface area is 188 Å². The summed E-state index contributed by atoms with van der Waals surface area (Å²) in [4.78, 5) is 32.4. The van der Waals surface area contributed by atoms with Gasteiger partial charge in [0.1, 0.15) is 17.8 Å². The Morgan fingerprint density at radius 2 is 1.91 bits per heavy atom. The highest BCUT2D eigenvalue weighted by Gasteiger charge is 2.23. The Hall–Kier alpha value is -3.49. The highest BCUT2D eigenvalue weighted by Crippen LogP contribution is 2.26. The molecule has 0 unspecified atom stereocenters. The molecule has 0 fully saturated rings. The van der Waals surface area contributed by atoms with Gasteiger partial charge in [-0.1, -0.05) is 19.9 Å². The predicted molar refractivity (Wildman–Crippen MR) is 122 cm³/mol. The molecular formula is C23H31N5O4. The van der Waals surface area contributed by atoms with E-state index in [9.17, 15) is 9.59 Å². The van der Waals surface area contributed by atoms with Crippen LogP contribution in [0.4, 0.5) is 5.95 Å². The number of anilines is 1. The van der Waals surface area contributed by atoms with Gasteiger partial charge in [-0.3, -0.25) is 14.9 Å². The molecule has 3 N–H and O–H groups in total. The summed E-state index contributed by atoms with van der Waals surface area (Å²) in [6, 6.07) is 3.36. The third kappa shape index (κ3) is 7.33. The van der Waals surface area contributed by atoms with Gasteiger partial charge in [0.05, 0.1) is 12.3 Å². The molecule has 0 atom stereocenters. The number of allylic oxidation sites excluding steroid dienone is 1. The monoisotopic (exact) mass is 441 g/mol. The fraction of sp³-hybridized carbons (Fsp3) is 0.435. The summed E-state index contributed by atoms with van der Waals surface area (Å²) in [7, 11) is 0. The van der Waals surface area contributed by atoms with Crippen LogP contribution in [0.3, 0.4) is 0 Å². The van der Waals surface area contributed by atoms with Crippen molar-refractivity contribution < 1.29 is 18.7 Å². The van der Waals surface area contributed by atoms with Crippen molar-refractivity contribution in [3.8, 4) is 0 Å².